The maximum Gasteiger partial charge on any atom is 0.240 e. The number of carbonyl (C=O) groups excluding carboxylic acids is 1. The van der Waals surface area contributed by atoms with Crippen LogP contribution in [0, 0.1) is 22.7 Å². The van der Waals surface area contributed by atoms with Crippen molar-refractivity contribution in [2.45, 2.75) is 30.0 Å². The van der Waals surface area contributed by atoms with Crippen LogP contribution in [-0.2, 0) is 11.2 Å². The first-order valence-electron chi connectivity index (χ1n) is 10.3. The van der Waals surface area contributed by atoms with Crippen molar-refractivity contribution in [1.82, 2.24) is 4.98 Å². The van der Waals surface area contributed by atoms with Gasteiger partial charge in [0.2, 0.25) is 5.91 Å². The number of benzene rings is 2. The molecule has 4 rings (SSSR count). The molecule has 2 N–H and O–H groups in total. The summed E-state index contributed by atoms with van der Waals surface area (Å²) in [5.74, 6) is 0.0407. The highest BCUT2D eigenvalue weighted by Crippen LogP contribution is 2.38. The zero-order valence-electron chi connectivity index (χ0n) is 17.6. The van der Waals surface area contributed by atoms with E-state index in [0.717, 1.165) is 17.7 Å². The molecule has 6 nitrogen and oxygen atoms in total. The molecule has 0 bridgehead atoms. The van der Waals surface area contributed by atoms with Gasteiger partial charge in [-0.15, -0.1) is 0 Å². The molecule has 7 heteroatoms. The Balaban J connectivity index is 1.74. The van der Waals surface area contributed by atoms with Gasteiger partial charge in [-0.3, -0.25) is 4.79 Å². The number of thioether (sulfide) groups is 1. The molecule has 0 saturated carbocycles. The number of nitrogens with two attached hydrogens (primary N) is 1. The lowest BCUT2D eigenvalue weighted by molar-refractivity contribution is -0.118. The van der Waals surface area contributed by atoms with E-state index in [9.17, 15) is 15.3 Å². The van der Waals surface area contributed by atoms with E-state index in [2.05, 4.69) is 17.1 Å². The third-order valence-corrected chi connectivity index (χ3v) is 6.87. The van der Waals surface area contributed by atoms with E-state index in [0.29, 0.717) is 29.1 Å². The van der Waals surface area contributed by atoms with E-state index < -0.39 is 5.25 Å². The molecule has 0 radical (unpaired) electrons. The van der Waals surface area contributed by atoms with Gasteiger partial charge in [-0.25, -0.2) is 4.98 Å². The molecule has 0 aliphatic carbocycles. The highest BCUT2D eigenvalue weighted by Gasteiger charge is 2.31. The minimum Gasteiger partial charge on any atom is -0.383 e. The zero-order chi connectivity index (χ0) is 22.7. The Kier molecular flexibility index (Phi) is 6.11. The molecule has 2 aromatic carbocycles. The summed E-state index contributed by atoms with van der Waals surface area (Å²) in [4.78, 5) is 19.6. The van der Waals surface area contributed by atoms with Gasteiger partial charge in [0, 0.05) is 17.8 Å². The van der Waals surface area contributed by atoms with E-state index in [-0.39, 0.29) is 22.9 Å². The van der Waals surface area contributed by atoms with Crippen molar-refractivity contribution in [3.05, 3.63) is 71.3 Å². The number of nitrogen functional groups attached to an aromatic ring is 1. The first-order chi connectivity index (χ1) is 15.6. The first kappa shape index (κ1) is 21.4. The molecule has 1 aliphatic rings. The Bertz CT molecular complexity index is 1260. The van der Waals surface area contributed by atoms with Crippen LogP contribution in [0.1, 0.15) is 30.0 Å². The van der Waals surface area contributed by atoms with Crippen LogP contribution in [0.25, 0.3) is 11.1 Å². The van der Waals surface area contributed by atoms with Crippen molar-refractivity contribution in [2.75, 3.05) is 17.2 Å². The van der Waals surface area contributed by atoms with Gasteiger partial charge in [-0.1, -0.05) is 67.2 Å². The second kappa shape index (κ2) is 9.13. The number of nitriles is 2. The van der Waals surface area contributed by atoms with Gasteiger partial charge in [0.1, 0.15) is 28.5 Å². The van der Waals surface area contributed by atoms with E-state index in [1.54, 1.807) is 0 Å². The summed E-state index contributed by atoms with van der Waals surface area (Å²) in [5, 5.41) is 19.6. The van der Waals surface area contributed by atoms with Crippen LogP contribution in [0.4, 0.5) is 11.5 Å². The number of fused-ring (bicyclic) bond motifs is 1. The van der Waals surface area contributed by atoms with Gasteiger partial charge in [-0.05, 0) is 30.0 Å². The van der Waals surface area contributed by atoms with Crippen molar-refractivity contribution in [3.63, 3.8) is 0 Å². The second-order valence-electron chi connectivity index (χ2n) is 7.40. The minimum atomic E-state index is -0.434. The third-order valence-electron chi connectivity index (χ3n) is 5.53. The number of rotatable bonds is 5. The number of carbonyl (C=O) groups is 1. The SMILES string of the molecule is CCC(Sc1nc(N)c(C#N)c(-c2ccccc2)c1C#N)C(=O)N1CCc2ccccc21. The van der Waals surface area contributed by atoms with Crippen LogP contribution in [0.3, 0.4) is 0 Å². The van der Waals surface area contributed by atoms with Crippen molar-refractivity contribution >= 4 is 29.2 Å². The number of hydrogen-bond donors (Lipinski definition) is 1. The van der Waals surface area contributed by atoms with Crippen molar-refractivity contribution < 1.29 is 4.79 Å². The molecule has 1 aliphatic heterocycles. The quantitative estimate of drug-likeness (QED) is 0.585. The first-order valence-corrected chi connectivity index (χ1v) is 11.2. The van der Waals surface area contributed by atoms with E-state index in [4.69, 9.17) is 5.73 Å². The lowest BCUT2D eigenvalue weighted by atomic mass is 9.97. The summed E-state index contributed by atoms with van der Waals surface area (Å²) in [5.41, 5.74) is 9.82. The fourth-order valence-corrected chi connectivity index (χ4v) is 5.04. The summed E-state index contributed by atoms with van der Waals surface area (Å²) < 4.78 is 0. The number of para-hydroxylation sites is 1. The average Bonchev–Trinajstić information content (AvgIpc) is 3.26. The highest BCUT2D eigenvalue weighted by molar-refractivity contribution is 8.00. The van der Waals surface area contributed by atoms with Gasteiger partial charge >= 0.3 is 0 Å². The standard InChI is InChI=1S/C25H21N5OS/c1-2-21(25(31)30-13-12-16-8-6-7-11-20(16)30)32-24-19(15-27)22(17-9-4-3-5-10-17)18(14-26)23(28)29-24/h3-11,21H,2,12-13H2,1H3,(H2,28,29). The Morgan fingerprint density at radius 1 is 1.12 bits per heavy atom. The van der Waals surface area contributed by atoms with E-state index >= 15 is 0 Å². The summed E-state index contributed by atoms with van der Waals surface area (Å²) in [6.45, 7) is 2.58. The maximum atomic E-state index is 13.4. The summed E-state index contributed by atoms with van der Waals surface area (Å²) in [6.07, 6.45) is 1.39. The second-order valence-corrected chi connectivity index (χ2v) is 8.59. The van der Waals surface area contributed by atoms with Gasteiger partial charge in [0.25, 0.3) is 0 Å². The Morgan fingerprint density at radius 3 is 2.50 bits per heavy atom. The average molecular weight is 440 g/mol. The minimum absolute atomic E-state index is 0.0164. The molecule has 1 aromatic heterocycles. The fourth-order valence-electron chi connectivity index (χ4n) is 3.96. The molecule has 3 aromatic rings. The molecule has 0 saturated heterocycles. The van der Waals surface area contributed by atoms with Crippen LogP contribution in [0.2, 0.25) is 0 Å². The molecule has 1 atom stereocenters. The number of pyridine rings is 1. The summed E-state index contributed by atoms with van der Waals surface area (Å²) >= 11 is 1.24. The van der Waals surface area contributed by atoms with Gasteiger partial charge in [0.15, 0.2) is 0 Å². The molecule has 1 unspecified atom stereocenters. The largest absolute Gasteiger partial charge is 0.383 e. The lowest BCUT2D eigenvalue weighted by Crippen LogP contribution is -2.36. The molecule has 1 amide bonds. The summed E-state index contributed by atoms with van der Waals surface area (Å²) in [7, 11) is 0. The van der Waals surface area contributed by atoms with Crippen LogP contribution in [-0.4, -0.2) is 22.7 Å². The Hall–Kier alpha value is -3.81. The molecule has 158 valence electrons. The van der Waals surface area contributed by atoms with E-state index in [1.807, 2.05) is 66.4 Å². The van der Waals surface area contributed by atoms with Gasteiger partial charge < -0.3 is 10.6 Å². The van der Waals surface area contributed by atoms with Crippen LogP contribution >= 0.6 is 11.8 Å². The number of aromatic nitrogens is 1. The van der Waals surface area contributed by atoms with Gasteiger partial charge in [-0.2, -0.15) is 10.5 Å². The molecule has 0 fully saturated rings. The Morgan fingerprint density at radius 2 is 1.81 bits per heavy atom. The van der Waals surface area contributed by atoms with Crippen LogP contribution in [0.15, 0.2) is 59.6 Å². The molecular weight excluding hydrogens is 418 g/mol. The van der Waals surface area contributed by atoms with Crippen molar-refractivity contribution in [2.24, 2.45) is 0 Å². The number of nitrogens with zero attached hydrogens (tertiary/aromatic N) is 4. The summed E-state index contributed by atoms with van der Waals surface area (Å²) in [6, 6.07) is 21.4. The van der Waals surface area contributed by atoms with Crippen LogP contribution in [0.5, 0.6) is 0 Å². The molecular formula is C25H21N5OS. The van der Waals surface area contributed by atoms with Crippen molar-refractivity contribution in [3.8, 4) is 23.3 Å². The highest BCUT2D eigenvalue weighted by atomic mass is 32.2. The predicted octanol–water partition coefficient (Wildman–Crippen LogP) is 4.53. The monoisotopic (exact) mass is 439 g/mol. The lowest BCUT2D eigenvalue weighted by Gasteiger charge is -2.23. The Labute approximate surface area is 191 Å². The molecule has 32 heavy (non-hydrogen) atoms. The maximum absolute atomic E-state index is 13.4. The van der Waals surface area contributed by atoms with Crippen LogP contribution < -0.4 is 10.6 Å². The van der Waals surface area contributed by atoms with Gasteiger partial charge in [0.05, 0.1) is 10.8 Å². The molecule has 0 spiro atoms. The third kappa shape index (κ3) is 3.79. The van der Waals surface area contributed by atoms with Crippen molar-refractivity contribution in [1.29, 1.82) is 10.5 Å². The van der Waals surface area contributed by atoms with E-state index in [1.165, 1.54) is 11.8 Å². The normalized spacial score (nSPS) is 13.2. The fraction of sp³-hybridized carbons (Fsp3) is 0.200. The topological polar surface area (TPSA) is 107 Å². The number of amides is 1. The number of anilines is 2. The number of hydrogen-bond acceptors (Lipinski definition) is 6. The zero-order valence-corrected chi connectivity index (χ0v) is 18.4. The smallest absolute Gasteiger partial charge is 0.240 e. The molecule has 2 heterocycles. The predicted molar refractivity (Wildman–Crippen MR) is 126 cm³/mol.